The van der Waals surface area contributed by atoms with Gasteiger partial charge in [0.1, 0.15) is 0 Å². The van der Waals surface area contributed by atoms with Crippen molar-refractivity contribution in [1.29, 1.82) is 0 Å². The van der Waals surface area contributed by atoms with Gasteiger partial charge in [0, 0.05) is 29.5 Å². The van der Waals surface area contributed by atoms with Crippen molar-refractivity contribution in [2.75, 3.05) is 13.1 Å². The predicted molar refractivity (Wildman–Crippen MR) is 81.4 cm³/mol. The molecule has 3 nitrogen and oxygen atoms in total. The smallest absolute Gasteiger partial charge is 0.317 e. The van der Waals surface area contributed by atoms with E-state index in [0.717, 1.165) is 30.4 Å². The molecule has 1 fully saturated rings. The van der Waals surface area contributed by atoms with Crippen LogP contribution in [0.15, 0.2) is 28.7 Å². The molecule has 104 valence electrons. The van der Waals surface area contributed by atoms with Gasteiger partial charge in [0.15, 0.2) is 0 Å². The number of hydrogen-bond donors (Lipinski definition) is 1. The molecule has 0 radical (unpaired) electrons. The third-order valence-electron chi connectivity index (χ3n) is 3.44. The predicted octanol–water partition coefficient (Wildman–Crippen LogP) is 3.75. The van der Waals surface area contributed by atoms with Gasteiger partial charge in [-0.15, -0.1) is 0 Å². The number of benzene rings is 1. The molecule has 2 amide bonds. The lowest BCUT2D eigenvalue weighted by molar-refractivity contribution is 0.177. The number of nitrogens with one attached hydrogen (secondary N) is 1. The van der Waals surface area contributed by atoms with E-state index in [1.807, 2.05) is 24.8 Å². The summed E-state index contributed by atoms with van der Waals surface area (Å²) in [5.41, 5.74) is 1.32. The maximum Gasteiger partial charge on any atom is 0.317 e. The van der Waals surface area contributed by atoms with Crippen LogP contribution < -0.4 is 5.32 Å². The molecule has 4 heteroatoms. The summed E-state index contributed by atoms with van der Waals surface area (Å²) in [6, 6.07) is 8.67. The Labute approximate surface area is 123 Å². The Morgan fingerprint density at radius 2 is 2.26 bits per heavy atom. The Morgan fingerprint density at radius 1 is 1.47 bits per heavy atom. The lowest BCUT2D eigenvalue weighted by Crippen LogP contribution is -2.46. The first-order valence-corrected chi connectivity index (χ1v) is 7.66. The second-order valence-electron chi connectivity index (χ2n) is 5.44. The van der Waals surface area contributed by atoms with Crippen molar-refractivity contribution < 1.29 is 4.79 Å². The van der Waals surface area contributed by atoms with Crippen LogP contribution in [0.25, 0.3) is 0 Å². The number of likely N-dealkylation sites (tertiary alicyclic amines) is 1. The molecule has 19 heavy (non-hydrogen) atoms. The Morgan fingerprint density at radius 3 is 2.95 bits per heavy atom. The van der Waals surface area contributed by atoms with E-state index >= 15 is 0 Å². The molecule has 1 heterocycles. The standard InChI is InChI=1S/C15H21BrN2O/c1-11(2)17-15(19)18-8-4-6-13(10-18)12-5-3-7-14(16)9-12/h3,5,7,9,11,13H,4,6,8,10H2,1-2H3,(H,17,19). The number of urea groups is 1. The maximum absolute atomic E-state index is 12.1. The van der Waals surface area contributed by atoms with Gasteiger partial charge in [-0.1, -0.05) is 28.1 Å². The number of hydrogen-bond acceptors (Lipinski definition) is 1. The van der Waals surface area contributed by atoms with Crippen LogP contribution in [0.2, 0.25) is 0 Å². The highest BCUT2D eigenvalue weighted by Gasteiger charge is 2.24. The van der Waals surface area contributed by atoms with Gasteiger partial charge in [-0.25, -0.2) is 4.79 Å². The summed E-state index contributed by atoms with van der Waals surface area (Å²) in [6.45, 7) is 5.67. The second-order valence-corrected chi connectivity index (χ2v) is 6.36. The van der Waals surface area contributed by atoms with Crippen LogP contribution >= 0.6 is 15.9 Å². The second kappa shape index (κ2) is 6.42. The van der Waals surface area contributed by atoms with Gasteiger partial charge < -0.3 is 10.2 Å². The summed E-state index contributed by atoms with van der Waals surface area (Å²) in [7, 11) is 0. The number of piperidine rings is 1. The minimum absolute atomic E-state index is 0.0645. The van der Waals surface area contributed by atoms with Gasteiger partial charge in [0.25, 0.3) is 0 Å². The Bertz CT molecular complexity index is 448. The molecule has 1 aliphatic rings. The largest absolute Gasteiger partial charge is 0.336 e. The molecule has 0 aliphatic carbocycles. The first-order chi connectivity index (χ1) is 9.06. The summed E-state index contributed by atoms with van der Waals surface area (Å²) >= 11 is 3.51. The van der Waals surface area contributed by atoms with Gasteiger partial charge in [-0.05, 0) is 44.4 Å². The lowest BCUT2D eigenvalue weighted by atomic mass is 9.91. The molecule has 0 aromatic heterocycles. The van der Waals surface area contributed by atoms with Crippen molar-refractivity contribution in [3.05, 3.63) is 34.3 Å². The molecule has 0 saturated carbocycles. The molecule has 1 unspecified atom stereocenters. The van der Waals surface area contributed by atoms with Gasteiger partial charge in [-0.2, -0.15) is 0 Å². The summed E-state index contributed by atoms with van der Waals surface area (Å²) in [4.78, 5) is 14.0. The molecule has 0 bridgehead atoms. The molecule has 1 saturated heterocycles. The lowest BCUT2D eigenvalue weighted by Gasteiger charge is -2.33. The number of nitrogens with zero attached hydrogens (tertiary/aromatic N) is 1. The van der Waals surface area contributed by atoms with E-state index in [1.54, 1.807) is 0 Å². The van der Waals surface area contributed by atoms with Crippen molar-refractivity contribution in [1.82, 2.24) is 10.2 Å². The minimum Gasteiger partial charge on any atom is -0.336 e. The molecule has 1 aromatic carbocycles. The Balaban J connectivity index is 2.03. The van der Waals surface area contributed by atoms with E-state index in [9.17, 15) is 4.79 Å². The summed E-state index contributed by atoms with van der Waals surface area (Å²) in [6.07, 6.45) is 2.23. The zero-order valence-corrected chi connectivity index (χ0v) is 13.1. The fraction of sp³-hybridized carbons (Fsp3) is 0.533. The molecular formula is C15H21BrN2O. The number of halogens is 1. The fourth-order valence-corrected chi connectivity index (χ4v) is 2.95. The highest BCUT2D eigenvalue weighted by molar-refractivity contribution is 9.10. The van der Waals surface area contributed by atoms with Gasteiger partial charge >= 0.3 is 6.03 Å². The monoisotopic (exact) mass is 324 g/mol. The van der Waals surface area contributed by atoms with Crippen LogP contribution in [0.5, 0.6) is 0 Å². The SMILES string of the molecule is CC(C)NC(=O)N1CCCC(c2cccc(Br)c2)C1. The third-order valence-corrected chi connectivity index (χ3v) is 3.93. The van der Waals surface area contributed by atoms with E-state index in [2.05, 4.69) is 39.4 Å². The van der Waals surface area contributed by atoms with E-state index in [1.165, 1.54) is 5.56 Å². The van der Waals surface area contributed by atoms with Crippen molar-refractivity contribution in [3.63, 3.8) is 0 Å². The summed E-state index contributed by atoms with van der Waals surface area (Å²) in [5.74, 6) is 0.448. The van der Waals surface area contributed by atoms with E-state index in [0.29, 0.717) is 5.92 Å². The van der Waals surface area contributed by atoms with E-state index < -0.39 is 0 Å². The van der Waals surface area contributed by atoms with Crippen LogP contribution in [0.3, 0.4) is 0 Å². The van der Waals surface area contributed by atoms with Crippen LogP contribution in [-0.2, 0) is 0 Å². The molecule has 1 N–H and O–H groups in total. The van der Waals surface area contributed by atoms with Crippen molar-refractivity contribution in [2.45, 2.75) is 38.6 Å². The number of carbonyl (C=O) groups is 1. The summed E-state index contributed by atoms with van der Waals surface area (Å²) in [5, 5.41) is 2.97. The topological polar surface area (TPSA) is 32.3 Å². The normalized spacial score (nSPS) is 19.6. The number of carbonyl (C=O) groups excluding carboxylic acids is 1. The molecule has 1 aromatic rings. The molecular weight excluding hydrogens is 304 g/mol. The van der Waals surface area contributed by atoms with Gasteiger partial charge in [0.05, 0.1) is 0 Å². The Hall–Kier alpha value is -1.03. The molecule has 0 spiro atoms. The third kappa shape index (κ3) is 3.96. The van der Waals surface area contributed by atoms with Crippen LogP contribution in [0.1, 0.15) is 38.2 Å². The maximum atomic E-state index is 12.1. The number of amides is 2. The highest BCUT2D eigenvalue weighted by Crippen LogP contribution is 2.28. The van der Waals surface area contributed by atoms with Crippen LogP contribution in [0, 0.1) is 0 Å². The quantitative estimate of drug-likeness (QED) is 0.882. The first kappa shape index (κ1) is 14.4. The van der Waals surface area contributed by atoms with Crippen LogP contribution in [0.4, 0.5) is 4.79 Å². The highest BCUT2D eigenvalue weighted by atomic mass is 79.9. The zero-order chi connectivity index (χ0) is 13.8. The molecule has 1 aliphatic heterocycles. The van der Waals surface area contributed by atoms with Gasteiger partial charge in [-0.3, -0.25) is 0 Å². The van der Waals surface area contributed by atoms with E-state index in [4.69, 9.17) is 0 Å². The van der Waals surface area contributed by atoms with Crippen molar-refractivity contribution in [3.8, 4) is 0 Å². The minimum atomic E-state index is 0.0645. The van der Waals surface area contributed by atoms with Crippen molar-refractivity contribution >= 4 is 22.0 Å². The fourth-order valence-electron chi connectivity index (χ4n) is 2.53. The van der Waals surface area contributed by atoms with E-state index in [-0.39, 0.29) is 12.1 Å². The Kier molecular flexibility index (Phi) is 4.86. The molecule has 2 rings (SSSR count). The first-order valence-electron chi connectivity index (χ1n) is 6.87. The number of rotatable bonds is 2. The zero-order valence-electron chi connectivity index (χ0n) is 11.5. The average molecular weight is 325 g/mol. The molecule has 1 atom stereocenters. The summed E-state index contributed by atoms with van der Waals surface area (Å²) < 4.78 is 1.11. The van der Waals surface area contributed by atoms with Crippen molar-refractivity contribution in [2.24, 2.45) is 0 Å². The van der Waals surface area contributed by atoms with Crippen LogP contribution in [-0.4, -0.2) is 30.1 Å². The average Bonchev–Trinajstić information content (AvgIpc) is 2.38. The van der Waals surface area contributed by atoms with Gasteiger partial charge in [0.2, 0.25) is 0 Å².